The molecule has 0 aliphatic heterocycles. The molecule has 1 aromatic carbocycles. The first-order valence-corrected chi connectivity index (χ1v) is 8.04. The first-order chi connectivity index (χ1) is 11.4. The van der Waals surface area contributed by atoms with Crippen LogP contribution in [0.3, 0.4) is 0 Å². The lowest BCUT2D eigenvalue weighted by Crippen LogP contribution is -2.22. The van der Waals surface area contributed by atoms with Gasteiger partial charge < -0.3 is 14.8 Å². The lowest BCUT2D eigenvalue weighted by atomic mass is 9.79. The van der Waals surface area contributed by atoms with Crippen LogP contribution in [0.1, 0.15) is 52.7 Å². The van der Waals surface area contributed by atoms with Crippen molar-refractivity contribution in [1.29, 1.82) is 0 Å². The summed E-state index contributed by atoms with van der Waals surface area (Å²) in [4.78, 5) is 23.6. The van der Waals surface area contributed by atoms with E-state index in [0.717, 1.165) is 11.1 Å². The number of carbonyl (C=O) groups is 2. The molecule has 0 atom stereocenters. The Labute approximate surface area is 151 Å². The molecule has 0 aliphatic rings. The van der Waals surface area contributed by atoms with E-state index in [1.165, 1.54) is 19.2 Å². The highest BCUT2D eigenvalue weighted by Crippen LogP contribution is 2.40. The Morgan fingerprint density at radius 3 is 2.04 bits per heavy atom. The predicted octanol–water partition coefficient (Wildman–Crippen LogP) is 4.05. The summed E-state index contributed by atoms with van der Waals surface area (Å²) in [5.41, 5.74) is 1.81. The minimum atomic E-state index is -0.812. The van der Waals surface area contributed by atoms with E-state index in [9.17, 15) is 9.59 Å². The number of methoxy groups -OCH3 is 1. The molecule has 2 radical (unpaired) electrons. The average Bonchev–Trinajstić information content (AvgIpc) is 2.44. The summed E-state index contributed by atoms with van der Waals surface area (Å²) < 4.78 is 9.92. The van der Waals surface area contributed by atoms with Crippen molar-refractivity contribution >= 4 is 25.6 Å². The molecule has 0 aliphatic carbocycles. The van der Waals surface area contributed by atoms with E-state index >= 15 is 0 Å². The van der Waals surface area contributed by atoms with E-state index in [1.807, 2.05) is 47.6 Å². The molecule has 1 rings (SSSR count). The Bertz CT molecular complexity index is 682. The fourth-order valence-corrected chi connectivity index (χ4v) is 2.37. The molecular formula is C19H26BNO4. The highest BCUT2D eigenvalue weighted by Gasteiger charge is 2.27. The molecule has 0 spiro atoms. The molecule has 6 heteroatoms. The van der Waals surface area contributed by atoms with Gasteiger partial charge in [-0.2, -0.15) is 0 Å². The van der Waals surface area contributed by atoms with Gasteiger partial charge in [0.05, 0.1) is 7.11 Å². The maximum atomic E-state index is 12.0. The number of benzene rings is 1. The molecule has 0 unspecified atom stereocenters. The third kappa shape index (κ3) is 5.66. The number of hydrogen-bond acceptors (Lipinski definition) is 4. The number of nitrogens with one attached hydrogen (secondary N) is 1. The van der Waals surface area contributed by atoms with Crippen LogP contribution in [-0.4, -0.2) is 27.0 Å². The molecule has 0 saturated carbocycles. The normalized spacial score (nSPS) is 12.1. The lowest BCUT2D eigenvalue weighted by molar-refractivity contribution is -0.111. The minimum absolute atomic E-state index is 0.237. The van der Waals surface area contributed by atoms with E-state index in [2.05, 4.69) is 10.1 Å². The molecule has 1 amide bonds. The van der Waals surface area contributed by atoms with Gasteiger partial charge in [0.2, 0.25) is 5.91 Å². The standard InChI is InChI=1S/C19H26BNO4/c1-18(2,3)12-10-13(19(4,5)6)15(25-17(23)24-7)11-14(12)21-16(22)8-9-20/h8-11H,1-7H3,(H,21,22)/b9-8+. The van der Waals surface area contributed by atoms with Gasteiger partial charge in [-0.3, -0.25) is 4.79 Å². The smallest absolute Gasteiger partial charge is 0.437 e. The molecule has 1 aromatic rings. The van der Waals surface area contributed by atoms with Crippen LogP contribution in [-0.2, 0) is 20.4 Å². The van der Waals surface area contributed by atoms with Crippen molar-refractivity contribution in [3.8, 4) is 5.75 Å². The second-order valence-electron chi connectivity index (χ2n) is 7.80. The van der Waals surface area contributed by atoms with Gasteiger partial charge in [0, 0.05) is 17.3 Å². The highest BCUT2D eigenvalue weighted by molar-refractivity contribution is 6.19. The molecule has 0 bridgehead atoms. The minimum Gasteiger partial charge on any atom is -0.437 e. The van der Waals surface area contributed by atoms with Crippen molar-refractivity contribution in [2.45, 2.75) is 52.4 Å². The third-order valence-electron chi connectivity index (χ3n) is 3.60. The van der Waals surface area contributed by atoms with Crippen LogP contribution < -0.4 is 10.1 Å². The first kappa shape index (κ1) is 20.8. The molecule has 134 valence electrons. The Hall–Kier alpha value is -2.24. The summed E-state index contributed by atoms with van der Waals surface area (Å²) in [6.45, 7) is 12.2. The quantitative estimate of drug-likeness (QED) is 0.389. The molecular weight excluding hydrogens is 317 g/mol. The van der Waals surface area contributed by atoms with Gasteiger partial charge in [0.15, 0.2) is 0 Å². The summed E-state index contributed by atoms with van der Waals surface area (Å²) in [6.07, 6.45) is 0.415. The molecule has 0 fully saturated rings. The van der Waals surface area contributed by atoms with E-state index in [1.54, 1.807) is 6.07 Å². The molecule has 0 aromatic heterocycles. The molecule has 5 nitrogen and oxygen atoms in total. The average molecular weight is 343 g/mol. The van der Waals surface area contributed by atoms with Crippen molar-refractivity contribution in [2.75, 3.05) is 12.4 Å². The van der Waals surface area contributed by atoms with Crippen LogP contribution in [0.25, 0.3) is 0 Å². The van der Waals surface area contributed by atoms with E-state index in [0.29, 0.717) is 11.4 Å². The van der Waals surface area contributed by atoms with Crippen molar-refractivity contribution in [2.24, 2.45) is 0 Å². The zero-order valence-corrected chi connectivity index (χ0v) is 16.0. The van der Waals surface area contributed by atoms with Gasteiger partial charge in [-0.25, -0.2) is 4.79 Å². The van der Waals surface area contributed by atoms with E-state index < -0.39 is 6.16 Å². The van der Waals surface area contributed by atoms with Crippen LogP contribution in [0.4, 0.5) is 10.5 Å². The van der Waals surface area contributed by atoms with Crippen molar-refractivity contribution in [1.82, 2.24) is 0 Å². The predicted molar refractivity (Wildman–Crippen MR) is 100 cm³/mol. The fraction of sp³-hybridized carbons (Fsp3) is 0.474. The maximum absolute atomic E-state index is 12.0. The van der Waals surface area contributed by atoms with Gasteiger partial charge in [0.25, 0.3) is 0 Å². The highest BCUT2D eigenvalue weighted by atomic mass is 16.7. The summed E-state index contributed by atoms with van der Waals surface area (Å²) in [7, 11) is 6.52. The Kier molecular flexibility index (Phi) is 6.46. The third-order valence-corrected chi connectivity index (χ3v) is 3.60. The van der Waals surface area contributed by atoms with Gasteiger partial charge in [-0.15, -0.1) is 5.98 Å². The summed E-state index contributed by atoms with van der Waals surface area (Å²) in [6, 6.07) is 3.61. The van der Waals surface area contributed by atoms with E-state index in [4.69, 9.17) is 12.6 Å². The first-order valence-electron chi connectivity index (χ1n) is 8.04. The van der Waals surface area contributed by atoms with Crippen LogP contribution in [0.15, 0.2) is 24.2 Å². The largest absolute Gasteiger partial charge is 0.513 e. The molecule has 25 heavy (non-hydrogen) atoms. The van der Waals surface area contributed by atoms with Crippen molar-refractivity contribution in [3.05, 3.63) is 35.3 Å². The second-order valence-corrected chi connectivity index (χ2v) is 7.80. The number of ether oxygens (including phenoxy) is 2. The van der Waals surface area contributed by atoms with Crippen LogP contribution in [0.5, 0.6) is 5.75 Å². The summed E-state index contributed by atoms with van der Waals surface area (Å²) in [5.74, 6) is 1.15. The number of carbonyl (C=O) groups excluding carboxylic acids is 2. The Morgan fingerprint density at radius 1 is 1.04 bits per heavy atom. The van der Waals surface area contributed by atoms with Crippen LogP contribution >= 0.6 is 0 Å². The summed E-state index contributed by atoms with van der Waals surface area (Å²) in [5, 5.41) is 2.79. The fourth-order valence-electron chi connectivity index (χ4n) is 2.37. The molecule has 0 saturated heterocycles. The van der Waals surface area contributed by atoms with E-state index in [-0.39, 0.29) is 16.7 Å². The molecule has 0 heterocycles. The number of rotatable bonds is 3. The number of anilines is 1. The molecule has 1 N–H and O–H groups in total. The number of hydrogen-bond donors (Lipinski definition) is 1. The SMILES string of the molecule is [B]/C=C/C(=O)Nc1cc(OC(=O)OC)c(C(C)(C)C)cc1C(C)(C)C. The Morgan fingerprint density at radius 2 is 1.60 bits per heavy atom. The Balaban J connectivity index is 3.60. The van der Waals surface area contributed by atoms with Crippen LogP contribution in [0, 0.1) is 0 Å². The van der Waals surface area contributed by atoms with Crippen molar-refractivity contribution < 1.29 is 19.1 Å². The zero-order chi connectivity index (χ0) is 19.4. The summed E-state index contributed by atoms with van der Waals surface area (Å²) >= 11 is 0. The van der Waals surface area contributed by atoms with Gasteiger partial charge >= 0.3 is 6.16 Å². The van der Waals surface area contributed by atoms with Crippen LogP contribution in [0.2, 0.25) is 0 Å². The second kappa shape index (κ2) is 7.76. The number of amides is 1. The maximum Gasteiger partial charge on any atom is 0.513 e. The topological polar surface area (TPSA) is 64.6 Å². The zero-order valence-electron chi connectivity index (χ0n) is 16.0. The van der Waals surface area contributed by atoms with Gasteiger partial charge in [0.1, 0.15) is 13.6 Å². The lowest BCUT2D eigenvalue weighted by Gasteiger charge is -2.29. The van der Waals surface area contributed by atoms with Gasteiger partial charge in [-0.05, 0) is 28.5 Å². The monoisotopic (exact) mass is 343 g/mol. The van der Waals surface area contributed by atoms with Gasteiger partial charge in [-0.1, -0.05) is 41.5 Å². The van der Waals surface area contributed by atoms with Crippen molar-refractivity contribution in [3.63, 3.8) is 0 Å².